The van der Waals surface area contributed by atoms with E-state index in [2.05, 4.69) is 4.36 Å². The number of nitrogens with zero attached hydrogens (tertiary/aromatic N) is 1. The molecule has 1 aromatic rings. The number of benzene rings is 1. The molecule has 0 saturated carbocycles. The third kappa shape index (κ3) is 1.94. The summed E-state index contributed by atoms with van der Waals surface area (Å²) in [6.45, 7) is 0. The van der Waals surface area contributed by atoms with Gasteiger partial charge in [-0.25, -0.2) is 0 Å². The Morgan fingerprint density at radius 1 is 1.55 bits per heavy atom. The fourth-order valence-electron chi connectivity index (χ4n) is 0.729. The first-order valence-corrected chi connectivity index (χ1v) is 4.22. The summed E-state index contributed by atoms with van der Waals surface area (Å²) >= 11 is 0. The molecule has 0 bridgehead atoms. The van der Waals surface area contributed by atoms with Gasteiger partial charge in [0.1, 0.15) is 0 Å². The van der Waals surface area contributed by atoms with Crippen LogP contribution in [-0.4, -0.2) is 7.05 Å². The smallest absolute Gasteiger partial charge is 0.0299 e. The van der Waals surface area contributed by atoms with Crippen molar-refractivity contribution in [2.75, 3.05) is 12.8 Å². The van der Waals surface area contributed by atoms with E-state index >= 15 is 0 Å². The second-order valence-corrected chi connectivity index (χ2v) is 3.34. The molecule has 1 rings (SSSR count). The molecule has 11 heavy (non-hydrogen) atoms. The molecule has 0 aromatic heterocycles. The van der Waals surface area contributed by atoms with Crippen LogP contribution in [0.25, 0.3) is 0 Å². The van der Waals surface area contributed by atoms with Gasteiger partial charge in [-0.3, -0.25) is 0 Å². The number of hydrogen-bond acceptors (Lipinski definition) is 4. The quantitative estimate of drug-likeness (QED) is 0.510. The summed E-state index contributed by atoms with van der Waals surface area (Å²) in [5.41, 5.74) is 6.09. The van der Waals surface area contributed by atoms with Gasteiger partial charge in [-0.2, -0.15) is 10.6 Å². The Labute approximate surface area is 67.4 Å². The zero-order valence-electron chi connectivity index (χ0n) is 6.15. The molecule has 4 heteroatoms. The number of anilines is 1. The molecular weight excluding hydrogens is 160 g/mol. The third-order valence-corrected chi connectivity index (χ3v) is 2.21. The van der Waals surface area contributed by atoms with Gasteiger partial charge in [-0.05, 0) is 6.07 Å². The van der Waals surface area contributed by atoms with Crippen LogP contribution >= 0.6 is 0 Å². The largest absolute Gasteiger partial charge is 0.440 e. The van der Waals surface area contributed by atoms with Gasteiger partial charge in [-0.15, -0.1) is 0 Å². The van der Waals surface area contributed by atoms with Crippen molar-refractivity contribution in [2.24, 2.45) is 4.36 Å². The van der Waals surface area contributed by atoms with Crippen LogP contribution in [0, 0.1) is 0 Å². The Morgan fingerprint density at radius 3 is 2.82 bits per heavy atom. The molecule has 1 aromatic carbocycles. The van der Waals surface area contributed by atoms with E-state index in [0.29, 0.717) is 10.6 Å². The fraction of sp³-hybridized carbons (Fsp3) is 0.143. The molecule has 0 heterocycles. The predicted octanol–water partition coefficient (Wildman–Crippen LogP) is 1.40. The maximum Gasteiger partial charge on any atom is 0.0299 e. The lowest BCUT2D eigenvalue weighted by atomic mass is 10.3. The molecular formula is C7H9N2OS-. The van der Waals surface area contributed by atoms with E-state index in [0.717, 1.165) is 0 Å². The summed E-state index contributed by atoms with van der Waals surface area (Å²) in [6, 6.07) is 6.90. The van der Waals surface area contributed by atoms with E-state index in [1.807, 2.05) is 0 Å². The summed E-state index contributed by atoms with van der Waals surface area (Å²) in [5, 5.41) is 0. The van der Waals surface area contributed by atoms with Gasteiger partial charge in [0.05, 0.1) is 0 Å². The van der Waals surface area contributed by atoms with E-state index < -0.39 is 10.6 Å². The van der Waals surface area contributed by atoms with E-state index in [1.54, 1.807) is 24.3 Å². The minimum Gasteiger partial charge on any atom is -0.440 e. The van der Waals surface area contributed by atoms with Crippen molar-refractivity contribution in [1.82, 2.24) is 0 Å². The van der Waals surface area contributed by atoms with Crippen LogP contribution in [0.15, 0.2) is 33.5 Å². The van der Waals surface area contributed by atoms with Crippen molar-refractivity contribution in [1.29, 1.82) is 0 Å². The van der Waals surface area contributed by atoms with Gasteiger partial charge in [0.2, 0.25) is 0 Å². The molecule has 0 spiro atoms. The summed E-state index contributed by atoms with van der Waals surface area (Å²) in [4.78, 5) is 0.646. The van der Waals surface area contributed by atoms with Crippen LogP contribution in [0.2, 0.25) is 0 Å². The molecule has 0 amide bonds. The van der Waals surface area contributed by atoms with Crippen LogP contribution in [0.5, 0.6) is 0 Å². The molecule has 0 radical (unpaired) electrons. The molecule has 0 unspecified atom stereocenters. The van der Waals surface area contributed by atoms with Gasteiger partial charge in [0, 0.05) is 12.7 Å². The lowest BCUT2D eigenvalue weighted by Gasteiger charge is -2.03. The van der Waals surface area contributed by atoms with Crippen molar-refractivity contribution >= 4 is 16.3 Å². The minimum atomic E-state index is -1.26. The number of nitrogens with two attached hydrogens (primary N) is 1. The average Bonchev–Trinajstić information content (AvgIpc) is 2.03. The van der Waals surface area contributed by atoms with E-state index in [1.165, 1.54) is 7.05 Å². The van der Waals surface area contributed by atoms with Crippen molar-refractivity contribution in [3.05, 3.63) is 24.3 Å². The van der Waals surface area contributed by atoms with Gasteiger partial charge in [0.25, 0.3) is 0 Å². The van der Waals surface area contributed by atoms with Crippen LogP contribution < -0.4 is 5.73 Å². The first-order valence-electron chi connectivity index (χ1n) is 3.11. The second kappa shape index (κ2) is 3.39. The van der Waals surface area contributed by atoms with Gasteiger partial charge >= 0.3 is 0 Å². The minimum absolute atomic E-state index is 0.611. The molecule has 0 aliphatic rings. The zero-order valence-corrected chi connectivity index (χ0v) is 6.97. The third-order valence-electron chi connectivity index (χ3n) is 1.23. The SMILES string of the molecule is CN=[S-](=O)c1cccc(N)c1. The fourth-order valence-corrected chi connectivity index (χ4v) is 1.37. The molecule has 3 nitrogen and oxygen atoms in total. The maximum atomic E-state index is 11.1. The first-order chi connectivity index (χ1) is 5.24. The normalized spacial score (nSPS) is 13.2. The highest BCUT2D eigenvalue weighted by atomic mass is 32.2. The molecule has 2 N–H and O–H groups in total. The van der Waals surface area contributed by atoms with Gasteiger partial charge in [-0.1, -0.05) is 23.1 Å². The van der Waals surface area contributed by atoms with Crippen LogP contribution in [-0.2, 0) is 14.8 Å². The monoisotopic (exact) mass is 169 g/mol. The molecule has 0 aliphatic carbocycles. The van der Waals surface area contributed by atoms with Crippen molar-refractivity contribution < 1.29 is 4.21 Å². The van der Waals surface area contributed by atoms with Gasteiger partial charge < -0.3 is 14.3 Å². The van der Waals surface area contributed by atoms with Crippen LogP contribution in [0.1, 0.15) is 0 Å². The van der Waals surface area contributed by atoms with Crippen molar-refractivity contribution in [3.63, 3.8) is 0 Å². The Hall–Kier alpha value is -1.03. The number of nitrogen functional groups attached to an aromatic ring is 1. The highest BCUT2D eigenvalue weighted by Gasteiger charge is 1.82. The highest BCUT2D eigenvalue weighted by molar-refractivity contribution is 7.74. The second-order valence-electron chi connectivity index (χ2n) is 2.00. The Kier molecular flexibility index (Phi) is 2.48. The number of hydrogen-bond donors (Lipinski definition) is 1. The molecule has 60 valence electrons. The molecule has 0 saturated heterocycles. The van der Waals surface area contributed by atoms with Crippen molar-refractivity contribution in [3.8, 4) is 0 Å². The van der Waals surface area contributed by atoms with Crippen LogP contribution in [0.4, 0.5) is 5.69 Å². The highest BCUT2D eigenvalue weighted by Crippen LogP contribution is 2.08. The molecule has 0 atom stereocenters. The van der Waals surface area contributed by atoms with E-state index in [9.17, 15) is 4.21 Å². The predicted molar refractivity (Wildman–Crippen MR) is 45.5 cm³/mol. The summed E-state index contributed by atoms with van der Waals surface area (Å²) in [7, 11) is 0.258. The lowest BCUT2D eigenvalue weighted by Crippen LogP contribution is -1.85. The average molecular weight is 169 g/mol. The Bertz CT molecular complexity index is 329. The van der Waals surface area contributed by atoms with E-state index in [-0.39, 0.29) is 0 Å². The molecule has 0 fully saturated rings. The molecule has 0 aliphatic heterocycles. The Morgan fingerprint density at radius 2 is 2.27 bits per heavy atom. The standard InChI is InChI=1S/C7H9N2OS/c1-9-11(10)7-4-2-3-6(8)5-7/h2-5H,8H2,1H3/q-1. The van der Waals surface area contributed by atoms with Crippen LogP contribution in [0.3, 0.4) is 0 Å². The Balaban J connectivity index is 3.16. The summed E-state index contributed by atoms with van der Waals surface area (Å²) in [5.74, 6) is 0. The summed E-state index contributed by atoms with van der Waals surface area (Å²) < 4.78 is 14.7. The van der Waals surface area contributed by atoms with Gasteiger partial charge in [0.15, 0.2) is 0 Å². The lowest BCUT2D eigenvalue weighted by molar-refractivity contribution is 0.600. The topological polar surface area (TPSA) is 55.5 Å². The summed E-state index contributed by atoms with van der Waals surface area (Å²) in [6.07, 6.45) is 0. The first kappa shape index (κ1) is 8.07. The zero-order chi connectivity index (χ0) is 8.27. The maximum absolute atomic E-state index is 11.1. The van der Waals surface area contributed by atoms with Crippen molar-refractivity contribution in [2.45, 2.75) is 4.90 Å². The van der Waals surface area contributed by atoms with E-state index in [4.69, 9.17) is 5.73 Å². The number of rotatable bonds is 1.